The van der Waals surface area contributed by atoms with Crippen molar-refractivity contribution < 1.29 is 18.6 Å². The monoisotopic (exact) mass is 254 g/mol. The van der Waals surface area contributed by atoms with E-state index in [1.165, 1.54) is 0 Å². The van der Waals surface area contributed by atoms with E-state index >= 15 is 0 Å². The number of hydrogen-bond donors (Lipinski definition) is 0. The third kappa shape index (κ3) is 3.28. The van der Waals surface area contributed by atoms with Crippen LogP contribution in [0.25, 0.3) is 0 Å². The molecule has 0 radical (unpaired) electrons. The molecule has 18 heavy (non-hydrogen) atoms. The Morgan fingerprint density at radius 3 is 2.72 bits per heavy atom. The van der Waals surface area contributed by atoms with Gasteiger partial charge in [0.1, 0.15) is 12.3 Å². The van der Waals surface area contributed by atoms with Crippen LogP contribution in [-0.4, -0.2) is 31.8 Å². The number of rotatable bonds is 4. The van der Waals surface area contributed by atoms with E-state index in [1.807, 2.05) is 30.3 Å². The highest BCUT2D eigenvalue weighted by molar-refractivity contribution is 5.13. The van der Waals surface area contributed by atoms with Crippen LogP contribution in [0, 0.1) is 0 Å². The molecule has 2 rings (SSSR count). The van der Waals surface area contributed by atoms with Crippen LogP contribution in [0.4, 0.5) is 4.39 Å². The summed E-state index contributed by atoms with van der Waals surface area (Å²) in [5, 5.41) is 0. The zero-order valence-corrected chi connectivity index (χ0v) is 10.7. The van der Waals surface area contributed by atoms with Crippen molar-refractivity contribution >= 4 is 0 Å². The Morgan fingerprint density at radius 1 is 1.33 bits per heavy atom. The molecule has 0 spiro atoms. The third-order valence-corrected chi connectivity index (χ3v) is 3.16. The largest absolute Gasteiger partial charge is 0.368 e. The average Bonchev–Trinajstić information content (AvgIpc) is 2.41. The highest BCUT2D eigenvalue weighted by Gasteiger charge is 2.36. The molecule has 100 valence electrons. The van der Waals surface area contributed by atoms with Crippen LogP contribution in [0.2, 0.25) is 0 Å². The fraction of sp³-hybridized carbons (Fsp3) is 0.571. The quantitative estimate of drug-likeness (QED) is 0.826. The minimum atomic E-state index is -1.00. The number of methoxy groups -OCH3 is 1. The van der Waals surface area contributed by atoms with Gasteiger partial charge in [-0.3, -0.25) is 0 Å². The van der Waals surface area contributed by atoms with Crippen LogP contribution in [0.3, 0.4) is 0 Å². The molecule has 1 aromatic rings. The Balaban J connectivity index is 1.91. The molecule has 0 bridgehead atoms. The number of ether oxygens (including phenoxy) is 3. The zero-order chi connectivity index (χ0) is 13.0. The number of benzene rings is 1. The van der Waals surface area contributed by atoms with Crippen molar-refractivity contribution in [2.45, 2.75) is 44.6 Å². The van der Waals surface area contributed by atoms with Gasteiger partial charge in [-0.15, -0.1) is 0 Å². The SMILES string of the molecule is CO[C@H]1O[C@H](C)[C@@H](F)C[C@H]1OCc1ccccc1. The first-order valence-corrected chi connectivity index (χ1v) is 6.18. The van der Waals surface area contributed by atoms with Gasteiger partial charge < -0.3 is 14.2 Å². The third-order valence-electron chi connectivity index (χ3n) is 3.16. The van der Waals surface area contributed by atoms with Crippen molar-refractivity contribution in [2.75, 3.05) is 7.11 Å². The van der Waals surface area contributed by atoms with Gasteiger partial charge in [-0.25, -0.2) is 4.39 Å². The molecule has 3 nitrogen and oxygen atoms in total. The Bertz CT molecular complexity index is 357. The molecule has 1 fully saturated rings. The van der Waals surface area contributed by atoms with Gasteiger partial charge in [-0.2, -0.15) is 0 Å². The molecule has 1 saturated heterocycles. The zero-order valence-electron chi connectivity index (χ0n) is 10.7. The summed E-state index contributed by atoms with van der Waals surface area (Å²) in [5.74, 6) is 0. The highest BCUT2D eigenvalue weighted by atomic mass is 19.1. The van der Waals surface area contributed by atoms with E-state index in [4.69, 9.17) is 14.2 Å². The molecule has 0 N–H and O–H groups in total. The number of halogens is 1. The standard InChI is InChI=1S/C14H19FO3/c1-10-12(15)8-13(14(16-2)18-10)17-9-11-6-4-3-5-7-11/h3-7,10,12-14H,8-9H2,1-2H3/t10-,12+,13-,14+/m1/s1. The molecule has 4 heteroatoms. The van der Waals surface area contributed by atoms with E-state index in [1.54, 1.807) is 14.0 Å². The lowest BCUT2D eigenvalue weighted by molar-refractivity contribution is -0.255. The molecular weight excluding hydrogens is 235 g/mol. The van der Waals surface area contributed by atoms with E-state index in [0.717, 1.165) is 5.56 Å². The van der Waals surface area contributed by atoms with Crippen LogP contribution in [-0.2, 0) is 20.8 Å². The lowest BCUT2D eigenvalue weighted by Crippen LogP contribution is -2.46. The summed E-state index contributed by atoms with van der Waals surface area (Å²) in [5.41, 5.74) is 1.06. The number of hydrogen-bond acceptors (Lipinski definition) is 3. The van der Waals surface area contributed by atoms with Crippen molar-refractivity contribution in [3.8, 4) is 0 Å². The molecule has 0 saturated carbocycles. The molecule has 1 aliphatic rings. The maximum atomic E-state index is 13.6. The van der Waals surface area contributed by atoms with E-state index < -0.39 is 18.6 Å². The van der Waals surface area contributed by atoms with Gasteiger partial charge in [0, 0.05) is 13.5 Å². The molecule has 0 unspecified atom stereocenters. The predicted octanol–water partition coefficient (Wildman–Crippen LogP) is 2.69. The van der Waals surface area contributed by atoms with Gasteiger partial charge in [0.05, 0.1) is 12.7 Å². The fourth-order valence-corrected chi connectivity index (χ4v) is 2.04. The molecular formula is C14H19FO3. The Hall–Kier alpha value is -0.970. The lowest BCUT2D eigenvalue weighted by atomic mass is 10.0. The van der Waals surface area contributed by atoms with E-state index in [0.29, 0.717) is 13.0 Å². The normalized spacial score (nSPS) is 32.4. The molecule has 0 aliphatic carbocycles. The second-order valence-corrected chi connectivity index (χ2v) is 4.53. The van der Waals surface area contributed by atoms with Crippen LogP contribution >= 0.6 is 0 Å². The first-order chi connectivity index (χ1) is 8.70. The van der Waals surface area contributed by atoms with Crippen molar-refractivity contribution in [1.29, 1.82) is 0 Å². The van der Waals surface area contributed by atoms with Gasteiger partial charge in [0.2, 0.25) is 0 Å². The van der Waals surface area contributed by atoms with Gasteiger partial charge in [-0.1, -0.05) is 30.3 Å². The van der Waals surface area contributed by atoms with Crippen LogP contribution in [0.1, 0.15) is 18.9 Å². The summed E-state index contributed by atoms with van der Waals surface area (Å²) < 4.78 is 29.9. The topological polar surface area (TPSA) is 27.7 Å². The Morgan fingerprint density at radius 2 is 2.06 bits per heavy atom. The first kappa shape index (κ1) is 13.5. The predicted molar refractivity (Wildman–Crippen MR) is 65.9 cm³/mol. The van der Waals surface area contributed by atoms with E-state index in [2.05, 4.69) is 0 Å². The minimum absolute atomic E-state index is 0.312. The average molecular weight is 254 g/mol. The minimum Gasteiger partial charge on any atom is -0.368 e. The summed E-state index contributed by atoms with van der Waals surface area (Å²) in [4.78, 5) is 0. The van der Waals surface area contributed by atoms with Crippen LogP contribution in [0.15, 0.2) is 30.3 Å². The summed E-state index contributed by atoms with van der Waals surface area (Å²) in [7, 11) is 1.55. The molecule has 0 amide bonds. The lowest BCUT2D eigenvalue weighted by Gasteiger charge is -2.36. The van der Waals surface area contributed by atoms with Gasteiger partial charge in [-0.05, 0) is 12.5 Å². The smallest absolute Gasteiger partial charge is 0.183 e. The summed E-state index contributed by atoms with van der Waals surface area (Å²) >= 11 is 0. The van der Waals surface area contributed by atoms with Crippen molar-refractivity contribution in [2.24, 2.45) is 0 Å². The van der Waals surface area contributed by atoms with Gasteiger partial charge in [0.15, 0.2) is 6.29 Å². The number of alkyl halides is 1. The van der Waals surface area contributed by atoms with Gasteiger partial charge >= 0.3 is 0 Å². The molecule has 1 heterocycles. The van der Waals surface area contributed by atoms with Crippen LogP contribution in [0.5, 0.6) is 0 Å². The first-order valence-electron chi connectivity index (χ1n) is 6.18. The summed E-state index contributed by atoms with van der Waals surface area (Å²) in [6.07, 6.45) is -1.98. The summed E-state index contributed by atoms with van der Waals surface area (Å²) in [6.45, 7) is 2.15. The highest BCUT2D eigenvalue weighted by Crippen LogP contribution is 2.25. The van der Waals surface area contributed by atoms with Gasteiger partial charge in [0.25, 0.3) is 0 Å². The van der Waals surface area contributed by atoms with E-state index in [-0.39, 0.29) is 6.10 Å². The Kier molecular flexibility index (Phi) is 4.69. The molecule has 0 aromatic heterocycles. The molecule has 1 aliphatic heterocycles. The van der Waals surface area contributed by atoms with Crippen molar-refractivity contribution in [3.05, 3.63) is 35.9 Å². The molecule has 1 aromatic carbocycles. The van der Waals surface area contributed by atoms with E-state index in [9.17, 15) is 4.39 Å². The van der Waals surface area contributed by atoms with Crippen molar-refractivity contribution in [3.63, 3.8) is 0 Å². The molecule has 4 atom stereocenters. The second kappa shape index (κ2) is 6.27. The van der Waals surface area contributed by atoms with Crippen LogP contribution < -0.4 is 0 Å². The van der Waals surface area contributed by atoms with Crippen molar-refractivity contribution in [1.82, 2.24) is 0 Å². The fourth-order valence-electron chi connectivity index (χ4n) is 2.04. The Labute approximate surface area is 107 Å². The second-order valence-electron chi connectivity index (χ2n) is 4.53. The maximum Gasteiger partial charge on any atom is 0.183 e. The maximum absolute atomic E-state index is 13.6. The summed E-state index contributed by atoms with van der Waals surface area (Å²) in [6, 6.07) is 9.79.